The highest BCUT2D eigenvalue weighted by Gasteiger charge is 2.11. The van der Waals surface area contributed by atoms with Crippen LogP contribution in [0.2, 0.25) is 0 Å². The van der Waals surface area contributed by atoms with Gasteiger partial charge in [0.1, 0.15) is 11.5 Å². The van der Waals surface area contributed by atoms with Gasteiger partial charge in [-0.1, -0.05) is 30.3 Å². The minimum absolute atomic E-state index is 0.228. The Morgan fingerprint density at radius 2 is 1.06 bits per heavy atom. The summed E-state index contributed by atoms with van der Waals surface area (Å²) in [5.74, 6) is 0.215. The summed E-state index contributed by atoms with van der Waals surface area (Å²) in [5.41, 5.74) is 2.09. The van der Waals surface area contributed by atoms with Gasteiger partial charge in [-0.15, -0.1) is 0 Å². The van der Waals surface area contributed by atoms with Crippen LogP contribution >= 0.6 is 0 Å². The molecule has 6 nitrogen and oxygen atoms in total. The van der Waals surface area contributed by atoms with Gasteiger partial charge in [0.25, 0.3) is 0 Å². The summed E-state index contributed by atoms with van der Waals surface area (Å²) < 4.78 is 20.6. The zero-order chi connectivity index (χ0) is 22.8. The predicted octanol–water partition coefficient (Wildman–Crippen LogP) is 5.36. The van der Waals surface area contributed by atoms with E-state index in [0.717, 1.165) is 11.1 Å². The van der Waals surface area contributed by atoms with Gasteiger partial charge in [-0.2, -0.15) is 0 Å². The Bertz CT molecular complexity index is 1060. The van der Waals surface area contributed by atoms with Crippen LogP contribution in [0.5, 0.6) is 11.5 Å². The molecule has 0 aromatic heterocycles. The molecule has 0 aliphatic heterocycles. The third kappa shape index (κ3) is 6.34. The van der Waals surface area contributed by atoms with Crippen LogP contribution in [0, 0.1) is 0 Å². The second kappa shape index (κ2) is 11.2. The molecule has 0 heterocycles. The minimum atomic E-state index is -0.592. The first-order chi connectivity index (χ1) is 15.6. The van der Waals surface area contributed by atoms with E-state index in [9.17, 15) is 9.59 Å². The molecule has 0 atom stereocenters. The van der Waals surface area contributed by atoms with Gasteiger partial charge in [0.05, 0.1) is 37.9 Å². The fourth-order valence-electron chi connectivity index (χ4n) is 2.75. The minimum Gasteiger partial charge on any atom is -0.497 e. The van der Waals surface area contributed by atoms with Crippen molar-refractivity contribution in [3.8, 4) is 11.5 Å². The van der Waals surface area contributed by atoms with Crippen LogP contribution < -0.4 is 9.47 Å². The van der Waals surface area contributed by atoms with Gasteiger partial charge in [0.2, 0.25) is 0 Å². The van der Waals surface area contributed by atoms with E-state index in [2.05, 4.69) is 0 Å². The highest BCUT2D eigenvalue weighted by molar-refractivity contribution is 5.95. The molecule has 0 saturated carbocycles. The lowest BCUT2D eigenvalue weighted by atomic mass is 10.1. The van der Waals surface area contributed by atoms with Gasteiger partial charge in [-0.3, -0.25) is 0 Å². The Morgan fingerprint density at radius 1 is 0.625 bits per heavy atom. The fraction of sp³-hybridized carbons (Fsp3) is 0.0769. The first-order valence-corrected chi connectivity index (χ1v) is 9.72. The SMILES string of the molecule is COc1cccc(/C=C/OC(=O)c2cccc(C(=O)O/C=C/c3cccc(OC)c3)c2)c1. The number of carbonyl (C=O) groups excluding carboxylic acids is 2. The maximum Gasteiger partial charge on any atom is 0.342 e. The maximum absolute atomic E-state index is 12.3. The fourth-order valence-corrected chi connectivity index (χ4v) is 2.75. The summed E-state index contributed by atoms with van der Waals surface area (Å²) >= 11 is 0. The number of benzene rings is 3. The Balaban J connectivity index is 1.59. The summed E-state index contributed by atoms with van der Waals surface area (Å²) in [6, 6.07) is 20.7. The van der Waals surface area contributed by atoms with E-state index in [4.69, 9.17) is 18.9 Å². The number of hydrogen-bond acceptors (Lipinski definition) is 6. The average molecular weight is 430 g/mol. The van der Waals surface area contributed by atoms with Crippen molar-refractivity contribution >= 4 is 24.1 Å². The summed E-state index contributed by atoms with van der Waals surface area (Å²) in [5, 5.41) is 0. The Morgan fingerprint density at radius 3 is 1.50 bits per heavy atom. The number of methoxy groups -OCH3 is 2. The van der Waals surface area contributed by atoms with Gasteiger partial charge < -0.3 is 18.9 Å². The van der Waals surface area contributed by atoms with Gasteiger partial charge in [0.15, 0.2) is 0 Å². The molecule has 0 spiro atoms. The number of esters is 2. The molecule has 3 aromatic carbocycles. The lowest BCUT2D eigenvalue weighted by Gasteiger charge is -2.04. The van der Waals surface area contributed by atoms with E-state index in [1.54, 1.807) is 56.7 Å². The van der Waals surface area contributed by atoms with Crippen LogP contribution in [0.4, 0.5) is 0 Å². The summed E-state index contributed by atoms with van der Waals surface area (Å²) in [6.45, 7) is 0. The number of ether oxygens (including phenoxy) is 4. The quantitative estimate of drug-likeness (QED) is 0.354. The van der Waals surface area contributed by atoms with E-state index in [-0.39, 0.29) is 11.1 Å². The van der Waals surface area contributed by atoms with Crippen LogP contribution in [0.15, 0.2) is 85.3 Å². The zero-order valence-electron chi connectivity index (χ0n) is 17.7. The van der Waals surface area contributed by atoms with Crippen molar-refractivity contribution < 1.29 is 28.5 Å². The molecule has 0 amide bonds. The maximum atomic E-state index is 12.3. The van der Waals surface area contributed by atoms with E-state index in [1.807, 2.05) is 36.4 Å². The second-order valence-electron chi connectivity index (χ2n) is 6.55. The van der Waals surface area contributed by atoms with Crippen molar-refractivity contribution in [3.63, 3.8) is 0 Å². The molecule has 6 heteroatoms. The Kier molecular flexibility index (Phi) is 7.81. The molecule has 0 radical (unpaired) electrons. The van der Waals surface area contributed by atoms with E-state index >= 15 is 0 Å². The van der Waals surface area contributed by atoms with Crippen molar-refractivity contribution in [3.05, 3.63) is 108 Å². The molecule has 0 aliphatic rings. The first-order valence-electron chi connectivity index (χ1n) is 9.72. The summed E-state index contributed by atoms with van der Waals surface area (Å²) in [6.07, 6.45) is 5.86. The lowest BCUT2D eigenvalue weighted by molar-refractivity contribution is 0.0665. The van der Waals surface area contributed by atoms with Crippen LogP contribution in [0.25, 0.3) is 12.2 Å². The van der Waals surface area contributed by atoms with Gasteiger partial charge >= 0.3 is 11.9 Å². The molecule has 32 heavy (non-hydrogen) atoms. The third-order valence-corrected chi connectivity index (χ3v) is 4.39. The van der Waals surface area contributed by atoms with Gasteiger partial charge in [-0.25, -0.2) is 9.59 Å². The standard InChI is InChI=1S/C26H22O6/c1-29-23-10-3-6-19(16-23)12-14-31-25(27)21-8-5-9-22(18-21)26(28)32-15-13-20-7-4-11-24(17-20)30-2/h3-18H,1-2H3/b14-12+,15-13+. The van der Waals surface area contributed by atoms with Crippen molar-refractivity contribution in [1.82, 2.24) is 0 Å². The zero-order valence-corrected chi connectivity index (χ0v) is 17.7. The van der Waals surface area contributed by atoms with Gasteiger partial charge in [-0.05, 0) is 65.7 Å². The smallest absolute Gasteiger partial charge is 0.342 e. The molecule has 0 saturated heterocycles. The molecule has 0 fully saturated rings. The van der Waals surface area contributed by atoms with Gasteiger partial charge in [0, 0.05) is 0 Å². The van der Waals surface area contributed by atoms with Crippen molar-refractivity contribution in [2.45, 2.75) is 0 Å². The van der Waals surface area contributed by atoms with E-state index in [1.165, 1.54) is 18.6 Å². The second-order valence-corrected chi connectivity index (χ2v) is 6.55. The van der Waals surface area contributed by atoms with Crippen LogP contribution in [-0.2, 0) is 9.47 Å². The summed E-state index contributed by atoms with van der Waals surface area (Å²) in [4.78, 5) is 24.6. The lowest BCUT2D eigenvalue weighted by Crippen LogP contribution is -2.05. The number of carbonyl (C=O) groups is 2. The van der Waals surface area contributed by atoms with E-state index in [0.29, 0.717) is 11.5 Å². The molecule has 0 N–H and O–H groups in total. The van der Waals surface area contributed by atoms with Crippen molar-refractivity contribution in [1.29, 1.82) is 0 Å². The molecule has 3 aromatic rings. The van der Waals surface area contributed by atoms with Crippen LogP contribution in [0.1, 0.15) is 31.8 Å². The number of hydrogen-bond donors (Lipinski definition) is 0. The first kappa shape index (κ1) is 22.4. The Labute approximate surface area is 186 Å². The molecular weight excluding hydrogens is 408 g/mol. The monoisotopic (exact) mass is 430 g/mol. The largest absolute Gasteiger partial charge is 0.497 e. The van der Waals surface area contributed by atoms with Crippen LogP contribution in [-0.4, -0.2) is 26.2 Å². The van der Waals surface area contributed by atoms with Crippen molar-refractivity contribution in [2.75, 3.05) is 14.2 Å². The molecule has 0 bridgehead atoms. The molecule has 3 rings (SSSR count). The molecule has 0 aliphatic carbocycles. The highest BCUT2D eigenvalue weighted by atomic mass is 16.5. The predicted molar refractivity (Wildman–Crippen MR) is 121 cm³/mol. The average Bonchev–Trinajstić information content (AvgIpc) is 2.84. The molecule has 162 valence electrons. The van der Waals surface area contributed by atoms with Crippen molar-refractivity contribution in [2.24, 2.45) is 0 Å². The normalized spacial score (nSPS) is 10.8. The molecular formula is C26H22O6. The highest BCUT2D eigenvalue weighted by Crippen LogP contribution is 2.15. The number of rotatable bonds is 8. The van der Waals surface area contributed by atoms with E-state index < -0.39 is 11.9 Å². The Hall–Kier alpha value is -4.32. The molecule has 0 unspecified atom stereocenters. The van der Waals surface area contributed by atoms with Crippen LogP contribution in [0.3, 0.4) is 0 Å². The summed E-state index contributed by atoms with van der Waals surface area (Å²) in [7, 11) is 3.16. The topological polar surface area (TPSA) is 71.1 Å². The third-order valence-electron chi connectivity index (χ3n) is 4.39.